The molecule has 1 heterocycles. The van der Waals surface area contributed by atoms with Crippen LogP contribution in [0, 0.1) is 19.8 Å². The zero-order valence-electron chi connectivity index (χ0n) is 12.8. The maximum absolute atomic E-state index is 12.6. The first-order valence-corrected chi connectivity index (χ1v) is 7.67. The standard InChI is InChI=1S/C16H18ClN3O2/c1-9-4-7-12(13(17)8-9)14(21)19-16(3,11-5-6-11)15-18-10(2)22-20-15/h4,7-8,11H,5-6H2,1-3H3,(H,19,21). The minimum Gasteiger partial charge on any atom is -0.340 e. The Morgan fingerprint density at radius 2 is 2.14 bits per heavy atom. The van der Waals surface area contributed by atoms with E-state index in [1.165, 1.54) is 0 Å². The molecular weight excluding hydrogens is 302 g/mol. The average Bonchev–Trinajstić information content (AvgIpc) is 3.21. The predicted molar refractivity (Wildman–Crippen MR) is 82.8 cm³/mol. The maximum atomic E-state index is 12.6. The Hall–Kier alpha value is -1.88. The smallest absolute Gasteiger partial charge is 0.253 e. The summed E-state index contributed by atoms with van der Waals surface area (Å²) in [4.78, 5) is 16.9. The van der Waals surface area contributed by atoms with Gasteiger partial charge in [-0.05, 0) is 50.3 Å². The van der Waals surface area contributed by atoms with Gasteiger partial charge in [0, 0.05) is 6.92 Å². The number of hydrogen-bond acceptors (Lipinski definition) is 4. The molecule has 1 aromatic heterocycles. The van der Waals surface area contributed by atoms with Crippen molar-refractivity contribution in [3.05, 3.63) is 46.1 Å². The van der Waals surface area contributed by atoms with Gasteiger partial charge in [-0.15, -0.1) is 0 Å². The van der Waals surface area contributed by atoms with Crippen LogP contribution in [-0.2, 0) is 5.54 Å². The lowest BCUT2D eigenvalue weighted by Gasteiger charge is -2.27. The zero-order valence-corrected chi connectivity index (χ0v) is 13.6. The number of halogens is 1. The molecule has 1 aliphatic rings. The molecule has 0 aliphatic heterocycles. The van der Waals surface area contributed by atoms with E-state index in [0.29, 0.717) is 28.2 Å². The molecule has 1 unspecified atom stereocenters. The quantitative estimate of drug-likeness (QED) is 0.937. The van der Waals surface area contributed by atoms with Crippen LogP contribution in [0.2, 0.25) is 5.02 Å². The molecule has 0 radical (unpaired) electrons. The van der Waals surface area contributed by atoms with Crippen molar-refractivity contribution in [2.45, 2.75) is 39.2 Å². The van der Waals surface area contributed by atoms with E-state index in [4.69, 9.17) is 16.1 Å². The molecule has 116 valence electrons. The molecule has 3 rings (SSSR count). The highest BCUT2D eigenvalue weighted by Gasteiger charge is 2.47. The predicted octanol–water partition coefficient (Wildman–Crippen LogP) is 3.40. The first-order valence-electron chi connectivity index (χ1n) is 7.29. The van der Waals surface area contributed by atoms with Crippen molar-refractivity contribution in [1.82, 2.24) is 15.5 Å². The second kappa shape index (κ2) is 5.39. The van der Waals surface area contributed by atoms with E-state index >= 15 is 0 Å². The molecule has 0 saturated heterocycles. The van der Waals surface area contributed by atoms with Gasteiger partial charge < -0.3 is 9.84 Å². The summed E-state index contributed by atoms with van der Waals surface area (Å²) in [5.74, 6) is 1.10. The molecule has 5 nitrogen and oxygen atoms in total. The maximum Gasteiger partial charge on any atom is 0.253 e. The van der Waals surface area contributed by atoms with Gasteiger partial charge in [0.25, 0.3) is 5.91 Å². The summed E-state index contributed by atoms with van der Waals surface area (Å²) in [5, 5.41) is 7.50. The Morgan fingerprint density at radius 3 is 2.68 bits per heavy atom. The van der Waals surface area contributed by atoms with Gasteiger partial charge in [-0.1, -0.05) is 22.8 Å². The lowest BCUT2D eigenvalue weighted by molar-refractivity contribution is 0.0885. The topological polar surface area (TPSA) is 68.0 Å². The molecule has 1 fully saturated rings. The minimum absolute atomic E-state index is 0.221. The fraction of sp³-hybridized carbons (Fsp3) is 0.438. The van der Waals surface area contributed by atoms with E-state index in [1.54, 1.807) is 19.1 Å². The molecular formula is C16H18ClN3O2. The first kappa shape index (κ1) is 15.0. The first-order chi connectivity index (χ1) is 10.4. The van der Waals surface area contributed by atoms with Crippen molar-refractivity contribution in [2.75, 3.05) is 0 Å². The van der Waals surface area contributed by atoms with E-state index in [0.717, 1.165) is 18.4 Å². The van der Waals surface area contributed by atoms with E-state index in [2.05, 4.69) is 15.5 Å². The van der Waals surface area contributed by atoms with Gasteiger partial charge in [0.1, 0.15) is 5.54 Å². The van der Waals surface area contributed by atoms with E-state index < -0.39 is 5.54 Å². The Kier molecular flexibility index (Phi) is 3.68. The van der Waals surface area contributed by atoms with Crippen molar-refractivity contribution in [2.24, 2.45) is 5.92 Å². The number of carbonyl (C=O) groups is 1. The number of amides is 1. The van der Waals surface area contributed by atoms with Gasteiger partial charge in [0.05, 0.1) is 10.6 Å². The van der Waals surface area contributed by atoms with Crippen molar-refractivity contribution >= 4 is 17.5 Å². The Morgan fingerprint density at radius 1 is 1.41 bits per heavy atom. The highest BCUT2D eigenvalue weighted by Crippen LogP contribution is 2.44. The number of carbonyl (C=O) groups excluding carboxylic acids is 1. The van der Waals surface area contributed by atoms with Crippen LogP contribution in [0.3, 0.4) is 0 Å². The van der Waals surface area contributed by atoms with Crippen LogP contribution in [0.1, 0.15) is 47.4 Å². The second-order valence-corrected chi connectivity index (χ2v) is 6.46. The summed E-state index contributed by atoms with van der Waals surface area (Å²) in [6, 6.07) is 5.39. The van der Waals surface area contributed by atoms with Gasteiger partial charge in [-0.2, -0.15) is 4.98 Å². The van der Waals surface area contributed by atoms with E-state index in [1.807, 2.05) is 19.9 Å². The Balaban J connectivity index is 1.89. The number of aryl methyl sites for hydroxylation is 2. The molecule has 1 aliphatic carbocycles. The largest absolute Gasteiger partial charge is 0.340 e. The van der Waals surface area contributed by atoms with Gasteiger partial charge in [0.15, 0.2) is 5.82 Å². The SMILES string of the molecule is Cc1ccc(C(=O)NC(C)(c2noc(C)n2)C2CC2)c(Cl)c1. The Labute approximate surface area is 134 Å². The summed E-state index contributed by atoms with van der Waals surface area (Å²) in [6.45, 7) is 5.61. The molecule has 1 N–H and O–H groups in total. The van der Waals surface area contributed by atoms with Gasteiger partial charge in [0.2, 0.25) is 5.89 Å². The summed E-state index contributed by atoms with van der Waals surface area (Å²) < 4.78 is 5.08. The normalized spacial score (nSPS) is 17.1. The molecule has 1 atom stereocenters. The molecule has 1 saturated carbocycles. The van der Waals surface area contributed by atoms with Crippen LogP contribution >= 0.6 is 11.6 Å². The van der Waals surface area contributed by atoms with Crippen LogP contribution in [0.5, 0.6) is 0 Å². The highest BCUT2D eigenvalue weighted by molar-refractivity contribution is 6.33. The van der Waals surface area contributed by atoms with Crippen molar-refractivity contribution in [1.29, 1.82) is 0 Å². The molecule has 22 heavy (non-hydrogen) atoms. The third kappa shape index (κ3) is 2.73. The molecule has 0 bridgehead atoms. The molecule has 2 aromatic rings. The zero-order chi connectivity index (χ0) is 15.9. The van der Waals surface area contributed by atoms with Crippen molar-refractivity contribution < 1.29 is 9.32 Å². The minimum atomic E-state index is -0.636. The average molecular weight is 320 g/mol. The summed E-state index contributed by atoms with van der Waals surface area (Å²) in [5.41, 5.74) is 0.836. The monoisotopic (exact) mass is 319 g/mol. The van der Waals surface area contributed by atoms with Crippen LogP contribution in [0.15, 0.2) is 22.7 Å². The number of nitrogens with zero attached hydrogens (tertiary/aromatic N) is 2. The fourth-order valence-electron chi connectivity index (χ4n) is 2.62. The molecule has 0 spiro atoms. The highest BCUT2D eigenvalue weighted by atomic mass is 35.5. The number of benzene rings is 1. The summed E-state index contributed by atoms with van der Waals surface area (Å²) in [6.07, 6.45) is 2.07. The Bertz CT molecular complexity index is 724. The van der Waals surface area contributed by atoms with E-state index in [-0.39, 0.29) is 5.91 Å². The van der Waals surface area contributed by atoms with Crippen LogP contribution < -0.4 is 5.32 Å². The molecule has 1 amide bonds. The number of nitrogens with one attached hydrogen (secondary N) is 1. The van der Waals surface area contributed by atoms with Crippen LogP contribution in [0.25, 0.3) is 0 Å². The van der Waals surface area contributed by atoms with Crippen molar-refractivity contribution in [3.63, 3.8) is 0 Å². The third-order valence-electron chi connectivity index (χ3n) is 4.13. The lowest BCUT2D eigenvalue weighted by Crippen LogP contribution is -2.46. The fourth-order valence-corrected chi connectivity index (χ4v) is 2.94. The molecule has 1 aromatic carbocycles. The summed E-state index contributed by atoms with van der Waals surface area (Å²) >= 11 is 6.19. The van der Waals surface area contributed by atoms with Crippen LogP contribution in [0.4, 0.5) is 0 Å². The summed E-state index contributed by atoms with van der Waals surface area (Å²) in [7, 11) is 0. The van der Waals surface area contributed by atoms with Crippen LogP contribution in [-0.4, -0.2) is 16.0 Å². The molecule has 6 heteroatoms. The third-order valence-corrected chi connectivity index (χ3v) is 4.44. The van der Waals surface area contributed by atoms with Gasteiger partial charge in [-0.3, -0.25) is 4.79 Å². The number of rotatable bonds is 4. The lowest BCUT2D eigenvalue weighted by atomic mass is 9.94. The number of hydrogen-bond donors (Lipinski definition) is 1. The number of aromatic nitrogens is 2. The van der Waals surface area contributed by atoms with Gasteiger partial charge >= 0.3 is 0 Å². The second-order valence-electron chi connectivity index (χ2n) is 6.05. The van der Waals surface area contributed by atoms with Crippen molar-refractivity contribution in [3.8, 4) is 0 Å². The van der Waals surface area contributed by atoms with Gasteiger partial charge in [-0.25, -0.2) is 0 Å². The van der Waals surface area contributed by atoms with E-state index in [9.17, 15) is 4.79 Å².